The minimum Gasteiger partial charge on any atom is -0.334 e. The number of nitrogens with zero attached hydrogens (tertiary/aromatic N) is 2. The van der Waals surface area contributed by atoms with E-state index in [-0.39, 0.29) is 6.03 Å². The molecule has 1 N–H and O–H groups in total. The molecule has 1 amide bonds. The zero-order valence-corrected chi connectivity index (χ0v) is 9.18. The second kappa shape index (κ2) is 4.04. The van der Waals surface area contributed by atoms with Crippen molar-refractivity contribution < 1.29 is 4.79 Å². The van der Waals surface area contributed by atoms with Gasteiger partial charge in [-0.25, -0.2) is 9.78 Å². The zero-order chi connectivity index (χ0) is 10.8. The number of hydrogen-bond donors (Lipinski definition) is 1. The third-order valence-corrected chi connectivity index (χ3v) is 3.51. The predicted octanol–water partition coefficient (Wildman–Crippen LogP) is 1.88. The van der Waals surface area contributed by atoms with Crippen LogP contribution in [0.1, 0.15) is 26.7 Å². The van der Waals surface area contributed by atoms with Gasteiger partial charge < -0.3 is 5.32 Å². The van der Waals surface area contributed by atoms with Crippen LogP contribution in [-0.4, -0.2) is 21.6 Å². The van der Waals surface area contributed by atoms with Gasteiger partial charge >= 0.3 is 6.03 Å². The third kappa shape index (κ3) is 2.03. The van der Waals surface area contributed by atoms with Crippen molar-refractivity contribution in [2.24, 2.45) is 11.8 Å². The van der Waals surface area contributed by atoms with Crippen LogP contribution in [0.2, 0.25) is 0 Å². The molecule has 0 saturated heterocycles. The van der Waals surface area contributed by atoms with Gasteiger partial charge in [0.05, 0.1) is 0 Å². The molecule has 15 heavy (non-hydrogen) atoms. The molecular weight excluding hydrogens is 190 g/mol. The number of imidazole rings is 1. The number of amides is 1. The molecule has 0 aromatic carbocycles. The molecule has 1 aromatic heterocycles. The van der Waals surface area contributed by atoms with E-state index in [1.807, 2.05) is 0 Å². The Morgan fingerprint density at radius 3 is 2.80 bits per heavy atom. The van der Waals surface area contributed by atoms with Gasteiger partial charge in [0.15, 0.2) is 0 Å². The van der Waals surface area contributed by atoms with Crippen molar-refractivity contribution in [1.82, 2.24) is 14.9 Å². The number of nitrogens with one attached hydrogen (secondary N) is 1. The number of carbonyl (C=O) groups excluding carboxylic acids is 1. The van der Waals surface area contributed by atoms with Crippen LogP contribution in [0.15, 0.2) is 18.7 Å². The summed E-state index contributed by atoms with van der Waals surface area (Å²) in [4.78, 5) is 15.6. The molecule has 3 unspecified atom stereocenters. The molecule has 1 aliphatic carbocycles. The quantitative estimate of drug-likeness (QED) is 0.764. The second-order valence-electron chi connectivity index (χ2n) is 4.44. The fourth-order valence-electron chi connectivity index (χ4n) is 2.18. The van der Waals surface area contributed by atoms with Crippen molar-refractivity contribution in [3.8, 4) is 0 Å². The average molecular weight is 207 g/mol. The zero-order valence-electron chi connectivity index (χ0n) is 9.18. The predicted molar refractivity (Wildman–Crippen MR) is 57.5 cm³/mol. The maximum atomic E-state index is 11.7. The molecule has 0 spiro atoms. The largest absolute Gasteiger partial charge is 0.334 e. The normalized spacial score (nSPS) is 30.4. The number of carbonyl (C=O) groups is 1. The molecule has 1 aromatic rings. The number of aromatic nitrogens is 2. The van der Waals surface area contributed by atoms with Gasteiger partial charge in [-0.3, -0.25) is 4.57 Å². The van der Waals surface area contributed by atoms with E-state index in [2.05, 4.69) is 24.1 Å². The molecule has 1 saturated carbocycles. The number of hydrogen-bond acceptors (Lipinski definition) is 2. The molecular formula is C11H17N3O. The fourth-order valence-corrected chi connectivity index (χ4v) is 2.18. The van der Waals surface area contributed by atoms with E-state index in [0.29, 0.717) is 17.9 Å². The average Bonchev–Trinajstić information content (AvgIpc) is 2.83. The lowest BCUT2D eigenvalue weighted by Gasteiger charge is -2.19. The Morgan fingerprint density at radius 1 is 1.47 bits per heavy atom. The van der Waals surface area contributed by atoms with Gasteiger partial charge in [-0.05, 0) is 24.7 Å². The summed E-state index contributed by atoms with van der Waals surface area (Å²) in [7, 11) is 0. The van der Waals surface area contributed by atoms with Crippen molar-refractivity contribution >= 4 is 6.03 Å². The van der Waals surface area contributed by atoms with E-state index in [1.54, 1.807) is 12.4 Å². The summed E-state index contributed by atoms with van der Waals surface area (Å²) in [6.07, 6.45) is 7.09. The Hall–Kier alpha value is -1.32. The minimum atomic E-state index is -0.0709. The van der Waals surface area contributed by atoms with Crippen LogP contribution < -0.4 is 5.32 Å². The smallest absolute Gasteiger partial charge is 0.327 e. The Balaban J connectivity index is 1.95. The Bertz CT molecular complexity index is 334. The molecule has 4 heteroatoms. The second-order valence-corrected chi connectivity index (χ2v) is 4.44. The van der Waals surface area contributed by atoms with Gasteiger partial charge in [-0.1, -0.05) is 13.8 Å². The maximum Gasteiger partial charge on any atom is 0.327 e. The van der Waals surface area contributed by atoms with E-state index >= 15 is 0 Å². The van der Waals surface area contributed by atoms with Crippen molar-refractivity contribution in [2.45, 2.75) is 32.7 Å². The van der Waals surface area contributed by atoms with Gasteiger partial charge in [0, 0.05) is 18.4 Å². The molecule has 0 radical (unpaired) electrons. The SMILES string of the molecule is CC1CCC(NC(=O)n2ccnc2)C1C. The van der Waals surface area contributed by atoms with E-state index < -0.39 is 0 Å². The monoisotopic (exact) mass is 207 g/mol. The molecule has 0 bridgehead atoms. The number of rotatable bonds is 1. The van der Waals surface area contributed by atoms with Crippen LogP contribution in [0.3, 0.4) is 0 Å². The molecule has 1 fully saturated rings. The first-order valence-electron chi connectivity index (χ1n) is 5.47. The summed E-state index contributed by atoms with van der Waals surface area (Å²) in [5.74, 6) is 1.27. The first kappa shape index (κ1) is 10.2. The Labute approximate surface area is 89.7 Å². The summed E-state index contributed by atoms with van der Waals surface area (Å²) < 4.78 is 1.48. The topological polar surface area (TPSA) is 46.9 Å². The van der Waals surface area contributed by atoms with Crippen molar-refractivity contribution in [3.63, 3.8) is 0 Å². The van der Waals surface area contributed by atoms with E-state index in [9.17, 15) is 4.79 Å². The van der Waals surface area contributed by atoms with Crippen LogP contribution in [0, 0.1) is 11.8 Å². The van der Waals surface area contributed by atoms with Crippen LogP contribution in [0.5, 0.6) is 0 Å². The summed E-state index contributed by atoms with van der Waals surface area (Å²) >= 11 is 0. The summed E-state index contributed by atoms with van der Waals surface area (Å²) in [5.41, 5.74) is 0. The summed E-state index contributed by atoms with van der Waals surface area (Å²) in [6.45, 7) is 4.45. The molecule has 3 atom stereocenters. The van der Waals surface area contributed by atoms with Crippen molar-refractivity contribution in [2.75, 3.05) is 0 Å². The lowest BCUT2D eigenvalue weighted by Crippen LogP contribution is -2.39. The Morgan fingerprint density at radius 2 is 2.27 bits per heavy atom. The maximum absolute atomic E-state index is 11.7. The van der Waals surface area contributed by atoms with E-state index in [4.69, 9.17) is 0 Å². The van der Waals surface area contributed by atoms with Gasteiger partial charge in [0.2, 0.25) is 0 Å². The first-order chi connectivity index (χ1) is 7.18. The standard InChI is InChI=1S/C11H17N3O/c1-8-3-4-10(9(8)2)13-11(15)14-6-5-12-7-14/h5-10H,3-4H2,1-2H3,(H,13,15). The molecule has 1 aliphatic rings. The Kier molecular flexibility index (Phi) is 2.75. The highest BCUT2D eigenvalue weighted by Crippen LogP contribution is 2.30. The van der Waals surface area contributed by atoms with Crippen molar-refractivity contribution in [1.29, 1.82) is 0 Å². The molecule has 0 aliphatic heterocycles. The lowest BCUT2D eigenvalue weighted by molar-refractivity contribution is 0.234. The highest BCUT2D eigenvalue weighted by molar-refractivity contribution is 5.76. The highest BCUT2D eigenvalue weighted by Gasteiger charge is 2.30. The molecule has 1 heterocycles. The molecule has 82 valence electrons. The van der Waals surface area contributed by atoms with Crippen LogP contribution in [0.25, 0.3) is 0 Å². The summed E-state index contributed by atoms with van der Waals surface area (Å²) in [6, 6.07) is 0.244. The first-order valence-corrected chi connectivity index (χ1v) is 5.47. The van der Waals surface area contributed by atoms with Gasteiger partial charge in [0.1, 0.15) is 6.33 Å². The van der Waals surface area contributed by atoms with Gasteiger partial charge in [-0.15, -0.1) is 0 Å². The van der Waals surface area contributed by atoms with Gasteiger partial charge in [-0.2, -0.15) is 0 Å². The fraction of sp³-hybridized carbons (Fsp3) is 0.636. The summed E-state index contributed by atoms with van der Waals surface area (Å²) in [5, 5.41) is 3.05. The highest BCUT2D eigenvalue weighted by atomic mass is 16.2. The van der Waals surface area contributed by atoms with Crippen LogP contribution in [0.4, 0.5) is 4.79 Å². The van der Waals surface area contributed by atoms with Crippen LogP contribution >= 0.6 is 0 Å². The lowest BCUT2D eigenvalue weighted by atomic mass is 9.98. The van der Waals surface area contributed by atoms with Crippen LogP contribution in [-0.2, 0) is 0 Å². The van der Waals surface area contributed by atoms with E-state index in [0.717, 1.165) is 6.42 Å². The van der Waals surface area contributed by atoms with E-state index in [1.165, 1.54) is 17.3 Å². The van der Waals surface area contributed by atoms with Crippen molar-refractivity contribution in [3.05, 3.63) is 18.7 Å². The van der Waals surface area contributed by atoms with Gasteiger partial charge in [0.25, 0.3) is 0 Å². The third-order valence-electron chi connectivity index (χ3n) is 3.51. The molecule has 2 rings (SSSR count). The molecule has 4 nitrogen and oxygen atoms in total. The minimum absolute atomic E-state index is 0.0709.